The Labute approximate surface area is 259 Å². The van der Waals surface area contributed by atoms with E-state index in [9.17, 15) is 14.4 Å². The number of alkyl carbamates (subject to hydrolysis) is 1. The van der Waals surface area contributed by atoms with Gasteiger partial charge in [-0.3, -0.25) is 9.36 Å². The number of unbranched alkanes of at least 4 members (excludes halogenated alkanes) is 1. The van der Waals surface area contributed by atoms with Gasteiger partial charge in [0.15, 0.2) is 0 Å². The highest BCUT2D eigenvalue weighted by Crippen LogP contribution is 2.27. The molecule has 1 saturated heterocycles. The number of nitrogens with one attached hydrogen (secondary N) is 1. The van der Waals surface area contributed by atoms with Crippen molar-refractivity contribution < 1.29 is 33.3 Å². The number of cyclic esters (lactones) is 1. The zero-order chi connectivity index (χ0) is 31.7. The summed E-state index contributed by atoms with van der Waals surface area (Å²) in [5.41, 5.74) is 0.0890. The molecular weight excluding hydrogens is 572 g/mol. The number of rotatable bonds is 12. The van der Waals surface area contributed by atoms with Gasteiger partial charge in [-0.2, -0.15) is 0 Å². The van der Waals surface area contributed by atoms with Crippen LogP contribution >= 0.6 is 12.2 Å². The molecule has 0 unspecified atom stereocenters. The van der Waals surface area contributed by atoms with Crippen molar-refractivity contribution in [2.45, 2.75) is 91.5 Å². The lowest BCUT2D eigenvalue weighted by atomic mass is 9.91. The largest absolute Gasteiger partial charge is 0.494 e. The second kappa shape index (κ2) is 15.2. The summed E-state index contributed by atoms with van der Waals surface area (Å²) in [6.07, 6.45) is 4.50. The van der Waals surface area contributed by atoms with Gasteiger partial charge < -0.3 is 24.3 Å². The van der Waals surface area contributed by atoms with Crippen molar-refractivity contribution >= 4 is 35.5 Å². The maximum absolute atomic E-state index is 13.9. The molecule has 0 spiro atoms. The summed E-state index contributed by atoms with van der Waals surface area (Å²) in [5.74, 6) is -0.707. The van der Waals surface area contributed by atoms with Gasteiger partial charge in [0.1, 0.15) is 30.4 Å². The van der Waals surface area contributed by atoms with Crippen molar-refractivity contribution in [1.82, 2.24) is 19.8 Å². The van der Waals surface area contributed by atoms with E-state index in [0.717, 1.165) is 29.1 Å². The van der Waals surface area contributed by atoms with Gasteiger partial charge >= 0.3 is 12.2 Å². The number of hydrogen-bond acceptors (Lipinski definition) is 9. The summed E-state index contributed by atoms with van der Waals surface area (Å²) in [5, 5.41) is 2.94. The van der Waals surface area contributed by atoms with Gasteiger partial charge in [-0.05, 0) is 76.4 Å². The summed E-state index contributed by atoms with van der Waals surface area (Å²) in [6.45, 7) is 13.6. The van der Waals surface area contributed by atoms with Crippen molar-refractivity contribution in [3.63, 3.8) is 0 Å². The first-order chi connectivity index (χ1) is 20.3. The Kier molecular flexibility index (Phi) is 11.9. The molecule has 43 heavy (non-hydrogen) atoms. The summed E-state index contributed by atoms with van der Waals surface area (Å²) in [6, 6.07) is 6.30. The quantitative estimate of drug-likeness (QED) is 0.248. The number of imidazole rings is 1. The summed E-state index contributed by atoms with van der Waals surface area (Å²) in [7, 11) is 0. The number of carbonyl (C=O) groups excluding carboxylic acids is 3. The van der Waals surface area contributed by atoms with Crippen LogP contribution in [0.15, 0.2) is 43.0 Å². The molecule has 12 heteroatoms. The maximum Gasteiger partial charge on any atom is 0.416 e. The Balaban J connectivity index is 1.97. The lowest BCUT2D eigenvalue weighted by Crippen LogP contribution is -2.55. The van der Waals surface area contributed by atoms with Gasteiger partial charge in [-0.1, -0.05) is 39.3 Å². The summed E-state index contributed by atoms with van der Waals surface area (Å²) in [4.78, 5) is 44.9. The van der Waals surface area contributed by atoms with E-state index in [1.54, 1.807) is 40.1 Å². The van der Waals surface area contributed by atoms with E-state index in [1.807, 2.05) is 38.1 Å². The van der Waals surface area contributed by atoms with Crippen LogP contribution in [-0.4, -0.2) is 74.7 Å². The van der Waals surface area contributed by atoms with Gasteiger partial charge in [0.25, 0.3) is 5.17 Å². The number of aromatic nitrogens is 2. The molecule has 1 aliphatic rings. The molecule has 1 aromatic carbocycles. The Bertz CT molecular complexity index is 1230. The van der Waals surface area contributed by atoms with Crippen LogP contribution < -0.4 is 10.1 Å². The van der Waals surface area contributed by atoms with Crippen LogP contribution in [0.2, 0.25) is 0 Å². The molecule has 3 amide bonds. The molecule has 11 nitrogen and oxygen atoms in total. The average molecular weight is 617 g/mol. The molecule has 3 rings (SSSR count). The van der Waals surface area contributed by atoms with Crippen LogP contribution in [0, 0.1) is 11.8 Å². The highest BCUT2D eigenvalue weighted by molar-refractivity contribution is 7.80. The number of amides is 3. The van der Waals surface area contributed by atoms with Crippen LogP contribution in [0.3, 0.4) is 0 Å². The molecule has 0 saturated carbocycles. The Morgan fingerprint density at radius 2 is 1.88 bits per heavy atom. The average Bonchev–Trinajstić information content (AvgIpc) is 3.61. The summed E-state index contributed by atoms with van der Waals surface area (Å²) < 4.78 is 24.4. The lowest BCUT2D eigenvalue weighted by molar-refractivity contribution is -0.137. The minimum Gasteiger partial charge on any atom is -0.494 e. The van der Waals surface area contributed by atoms with Crippen molar-refractivity contribution in [1.29, 1.82) is 0 Å². The van der Waals surface area contributed by atoms with E-state index in [0.29, 0.717) is 6.61 Å². The lowest BCUT2D eigenvalue weighted by Gasteiger charge is -2.35. The first-order valence-electron chi connectivity index (χ1n) is 14.7. The van der Waals surface area contributed by atoms with Gasteiger partial charge in [-0.15, -0.1) is 0 Å². The van der Waals surface area contributed by atoms with Gasteiger partial charge in [0.2, 0.25) is 5.91 Å². The second-order valence-corrected chi connectivity index (χ2v) is 12.4. The van der Waals surface area contributed by atoms with E-state index in [-0.39, 0.29) is 24.1 Å². The minimum atomic E-state index is -1.00. The molecule has 236 valence electrons. The fourth-order valence-electron chi connectivity index (χ4n) is 4.64. The number of carbonyl (C=O) groups is 3. The van der Waals surface area contributed by atoms with Gasteiger partial charge in [0.05, 0.1) is 24.6 Å². The predicted octanol–water partition coefficient (Wildman–Crippen LogP) is 5.36. The molecule has 2 aromatic rings. The van der Waals surface area contributed by atoms with E-state index >= 15 is 0 Å². The number of benzene rings is 1. The third-order valence-corrected chi connectivity index (χ3v) is 7.30. The maximum atomic E-state index is 13.9. The highest BCUT2D eigenvalue weighted by atomic mass is 32.1. The Morgan fingerprint density at radius 3 is 2.47 bits per heavy atom. The van der Waals surface area contributed by atoms with Gasteiger partial charge in [-0.25, -0.2) is 19.5 Å². The second-order valence-electron chi connectivity index (χ2n) is 12.0. The van der Waals surface area contributed by atoms with Crippen LogP contribution in [0.4, 0.5) is 9.59 Å². The van der Waals surface area contributed by atoms with Crippen LogP contribution in [-0.2, 0) is 25.4 Å². The Hall–Kier alpha value is -3.67. The standard InChI is InChI=1S/C31H44N4O7S/c1-8-9-16-39-23-12-10-22(11-13-23)17-24(33-28(37)42-31(5,6)7)26(41-30(43)34-15-14-32-19-34)21(4)27(36)35-25(20(2)3)18-40-29(35)38/h10-15,19-21,24-26H,8-9,16-18H2,1-7H3,(H,33,37)/t21-,24+,25+,26-/m1/s1. The van der Waals surface area contributed by atoms with Crippen LogP contribution in [0.1, 0.15) is 66.9 Å². The van der Waals surface area contributed by atoms with Crippen molar-refractivity contribution in [3.05, 3.63) is 48.5 Å². The van der Waals surface area contributed by atoms with E-state index in [1.165, 1.54) is 10.9 Å². The normalized spacial score (nSPS) is 17.2. The van der Waals surface area contributed by atoms with Crippen molar-refractivity contribution in [2.75, 3.05) is 13.2 Å². The zero-order valence-corrected chi connectivity index (χ0v) is 26.9. The number of imide groups is 1. The van der Waals surface area contributed by atoms with Crippen LogP contribution in [0.25, 0.3) is 0 Å². The molecule has 4 atom stereocenters. The first kappa shape index (κ1) is 33.8. The predicted molar refractivity (Wildman–Crippen MR) is 165 cm³/mol. The third-order valence-electron chi connectivity index (χ3n) is 6.99. The van der Waals surface area contributed by atoms with Crippen molar-refractivity contribution in [3.8, 4) is 5.75 Å². The fourth-order valence-corrected chi connectivity index (χ4v) is 4.85. The molecule has 1 aromatic heterocycles. The van der Waals surface area contributed by atoms with Gasteiger partial charge in [0, 0.05) is 12.4 Å². The topological polar surface area (TPSA) is 121 Å². The number of nitrogens with zero attached hydrogens (tertiary/aromatic N) is 3. The SMILES string of the molecule is CCCCOc1ccc(C[C@H](NC(=O)OC(C)(C)C)[C@H](OC(=S)n2ccnc2)[C@@H](C)C(=O)N2C(=O)OC[C@H]2C(C)C)cc1. The smallest absolute Gasteiger partial charge is 0.416 e. The zero-order valence-electron chi connectivity index (χ0n) is 26.1. The monoisotopic (exact) mass is 616 g/mol. The van der Waals surface area contributed by atoms with E-state index in [2.05, 4.69) is 17.2 Å². The minimum absolute atomic E-state index is 0.0252. The van der Waals surface area contributed by atoms with E-state index < -0.39 is 47.8 Å². The molecule has 1 fully saturated rings. The first-order valence-corrected chi connectivity index (χ1v) is 15.1. The fraction of sp³-hybridized carbons (Fsp3) is 0.581. The number of thiocarbonyl (C=S) groups is 1. The molecule has 0 radical (unpaired) electrons. The molecule has 0 aliphatic carbocycles. The van der Waals surface area contributed by atoms with Crippen LogP contribution in [0.5, 0.6) is 5.75 Å². The number of ether oxygens (including phenoxy) is 4. The van der Waals surface area contributed by atoms with E-state index in [4.69, 9.17) is 31.2 Å². The highest BCUT2D eigenvalue weighted by Gasteiger charge is 2.45. The molecule has 1 aliphatic heterocycles. The van der Waals surface area contributed by atoms with Crippen molar-refractivity contribution in [2.24, 2.45) is 11.8 Å². The summed E-state index contributed by atoms with van der Waals surface area (Å²) >= 11 is 5.56. The molecule has 1 N–H and O–H groups in total. The number of hydrogen-bond donors (Lipinski definition) is 1. The molecule has 2 heterocycles. The Morgan fingerprint density at radius 1 is 1.19 bits per heavy atom. The molecular formula is C31H44N4O7S. The molecule has 0 bridgehead atoms. The third kappa shape index (κ3) is 9.67.